The van der Waals surface area contributed by atoms with Crippen molar-refractivity contribution < 1.29 is 22.4 Å². The van der Waals surface area contributed by atoms with Gasteiger partial charge in [0.05, 0.1) is 17.6 Å². The second-order valence-electron chi connectivity index (χ2n) is 8.52. The second kappa shape index (κ2) is 9.52. The average Bonchev–Trinajstić information content (AvgIpc) is 3.03. The molecule has 9 heteroatoms. The van der Waals surface area contributed by atoms with Crippen molar-refractivity contribution in [2.75, 3.05) is 25.5 Å². The Labute approximate surface area is 194 Å². The number of hydrogen-bond acceptors (Lipinski definition) is 6. The highest BCUT2D eigenvalue weighted by Crippen LogP contribution is 2.28. The Kier molecular flexibility index (Phi) is 6.71. The summed E-state index contributed by atoms with van der Waals surface area (Å²) >= 11 is 0. The molecule has 4 rings (SSSR count). The molecule has 1 saturated heterocycles. The van der Waals surface area contributed by atoms with Crippen LogP contribution in [0, 0.1) is 0 Å². The van der Waals surface area contributed by atoms with E-state index in [1.807, 2.05) is 13.8 Å². The summed E-state index contributed by atoms with van der Waals surface area (Å²) < 4.78 is 39.0. The lowest BCUT2D eigenvalue weighted by atomic mass is 10.1. The lowest BCUT2D eigenvalue weighted by molar-refractivity contribution is 0.102. The molecule has 176 valence electrons. The van der Waals surface area contributed by atoms with Crippen molar-refractivity contribution in [2.45, 2.75) is 50.3 Å². The molecule has 0 radical (unpaired) electrons. The quantitative estimate of drug-likeness (QED) is 0.555. The number of nitrogens with one attached hydrogen (secondary N) is 1. The van der Waals surface area contributed by atoms with E-state index in [0.29, 0.717) is 41.5 Å². The van der Waals surface area contributed by atoms with Crippen molar-refractivity contribution >= 4 is 32.7 Å². The van der Waals surface area contributed by atoms with Gasteiger partial charge >= 0.3 is 0 Å². The molecule has 1 aliphatic rings. The maximum absolute atomic E-state index is 13.2. The first-order chi connectivity index (χ1) is 15.8. The van der Waals surface area contributed by atoms with Crippen LogP contribution in [0.2, 0.25) is 0 Å². The predicted molar refractivity (Wildman–Crippen MR) is 126 cm³/mol. The highest BCUT2D eigenvalue weighted by molar-refractivity contribution is 7.89. The molecule has 1 amide bonds. The monoisotopic (exact) mass is 471 g/mol. The van der Waals surface area contributed by atoms with Gasteiger partial charge in [0.15, 0.2) is 11.5 Å². The number of sulfonamides is 1. The molecule has 0 spiro atoms. The number of anilines is 1. The summed E-state index contributed by atoms with van der Waals surface area (Å²) in [4.78, 5) is 17.7. The fourth-order valence-electron chi connectivity index (χ4n) is 3.92. The van der Waals surface area contributed by atoms with E-state index in [1.54, 1.807) is 18.2 Å². The summed E-state index contributed by atoms with van der Waals surface area (Å²) in [6, 6.07) is 9.61. The molecule has 0 bridgehead atoms. The molecule has 1 aromatic heterocycles. The molecule has 1 N–H and O–H groups in total. The normalized spacial score (nSPS) is 15.5. The summed E-state index contributed by atoms with van der Waals surface area (Å²) in [6.45, 7) is 4.97. The van der Waals surface area contributed by atoms with Gasteiger partial charge in [-0.2, -0.15) is 4.31 Å². The summed E-state index contributed by atoms with van der Waals surface area (Å²) in [5.74, 6) is 0.605. The number of fused-ring (bicyclic) bond motifs is 1. The molecule has 1 aliphatic heterocycles. The van der Waals surface area contributed by atoms with Gasteiger partial charge in [-0.3, -0.25) is 4.79 Å². The fourth-order valence-corrected chi connectivity index (χ4v) is 5.47. The second-order valence-corrected chi connectivity index (χ2v) is 10.5. The minimum atomic E-state index is -3.70. The van der Waals surface area contributed by atoms with Crippen molar-refractivity contribution in [1.29, 1.82) is 0 Å². The Bertz CT molecular complexity index is 1260. The average molecular weight is 472 g/mol. The highest BCUT2D eigenvalue weighted by atomic mass is 32.2. The molecule has 0 unspecified atom stereocenters. The van der Waals surface area contributed by atoms with Gasteiger partial charge in [0.1, 0.15) is 11.3 Å². The van der Waals surface area contributed by atoms with Crippen LogP contribution in [0.25, 0.3) is 11.1 Å². The third kappa shape index (κ3) is 4.89. The van der Waals surface area contributed by atoms with Gasteiger partial charge in [0.25, 0.3) is 5.91 Å². The third-order valence-corrected chi connectivity index (χ3v) is 7.67. The van der Waals surface area contributed by atoms with E-state index in [0.717, 1.165) is 25.7 Å². The Morgan fingerprint density at radius 3 is 2.48 bits per heavy atom. The molecule has 0 atom stereocenters. The molecule has 0 saturated carbocycles. The molecule has 2 heterocycles. The number of hydrogen-bond donors (Lipinski definition) is 1. The van der Waals surface area contributed by atoms with Crippen LogP contribution in [-0.4, -0.2) is 43.8 Å². The highest BCUT2D eigenvalue weighted by Gasteiger charge is 2.27. The van der Waals surface area contributed by atoms with Gasteiger partial charge in [-0.25, -0.2) is 13.4 Å². The predicted octanol–water partition coefficient (Wildman–Crippen LogP) is 4.78. The molecule has 8 nitrogen and oxygen atoms in total. The number of carbonyl (C=O) groups excluding carboxylic acids is 1. The van der Waals surface area contributed by atoms with Gasteiger partial charge < -0.3 is 14.5 Å². The van der Waals surface area contributed by atoms with E-state index in [2.05, 4.69) is 10.3 Å². The summed E-state index contributed by atoms with van der Waals surface area (Å²) in [5.41, 5.74) is 1.95. The number of aromatic nitrogens is 1. The minimum absolute atomic E-state index is 0.0869. The fraction of sp³-hybridized carbons (Fsp3) is 0.417. The number of nitrogens with zero attached hydrogens (tertiary/aromatic N) is 2. The third-order valence-electron chi connectivity index (χ3n) is 5.77. The van der Waals surface area contributed by atoms with Gasteiger partial charge in [-0.15, -0.1) is 0 Å². The molecule has 0 aliphatic carbocycles. The van der Waals surface area contributed by atoms with Crippen molar-refractivity contribution in [2.24, 2.45) is 0 Å². The smallest absolute Gasteiger partial charge is 0.259 e. The zero-order valence-corrected chi connectivity index (χ0v) is 19.9. The lowest BCUT2D eigenvalue weighted by Gasteiger charge is -2.20. The number of benzene rings is 2. The summed E-state index contributed by atoms with van der Waals surface area (Å²) in [5, 5.41) is 2.82. The van der Waals surface area contributed by atoms with Gasteiger partial charge in [-0.1, -0.05) is 26.7 Å². The number of methoxy groups -OCH3 is 1. The molecule has 3 aromatic rings. The van der Waals surface area contributed by atoms with E-state index in [1.165, 1.54) is 29.6 Å². The van der Waals surface area contributed by atoms with E-state index >= 15 is 0 Å². The van der Waals surface area contributed by atoms with Gasteiger partial charge in [0, 0.05) is 24.7 Å². The Morgan fingerprint density at radius 2 is 1.82 bits per heavy atom. The Hall–Kier alpha value is -2.91. The number of carbonyl (C=O) groups is 1. The Morgan fingerprint density at radius 1 is 1.09 bits per heavy atom. The number of oxazole rings is 1. The minimum Gasteiger partial charge on any atom is -0.496 e. The van der Waals surface area contributed by atoms with E-state index < -0.39 is 15.9 Å². The molecular formula is C24H29N3O5S. The zero-order chi connectivity index (χ0) is 23.6. The van der Waals surface area contributed by atoms with Crippen molar-refractivity contribution in [3.05, 3.63) is 47.9 Å². The van der Waals surface area contributed by atoms with Crippen LogP contribution in [0.1, 0.15) is 61.7 Å². The number of rotatable bonds is 6. The molecule has 1 fully saturated rings. The maximum Gasteiger partial charge on any atom is 0.259 e. The first-order valence-corrected chi connectivity index (χ1v) is 12.6. The van der Waals surface area contributed by atoms with Crippen LogP contribution >= 0.6 is 0 Å². The van der Waals surface area contributed by atoms with Crippen LogP contribution in [0.15, 0.2) is 45.7 Å². The molecule has 33 heavy (non-hydrogen) atoms. The number of ether oxygens (including phenoxy) is 1. The van der Waals surface area contributed by atoms with E-state index in [4.69, 9.17) is 9.15 Å². The first-order valence-electron chi connectivity index (χ1n) is 11.2. The van der Waals surface area contributed by atoms with Crippen LogP contribution in [0.5, 0.6) is 5.75 Å². The summed E-state index contributed by atoms with van der Waals surface area (Å²) in [7, 11) is -2.25. The molecule has 2 aromatic carbocycles. The van der Waals surface area contributed by atoms with E-state index in [-0.39, 0.29) is 16.4 Å². The SMILES string of the molecule is COc1ccc(S(=O)(=O)N2CCCCCC2)cc1C(=O)Nc1ccc2oc(C(C)C)nc2c1. The topological polar surface area (TPSA) is 102 Å². The standard InChI is InChI=1S/C24H29N3O5S/c1-16(2)24-26-20-14-17(8-10-22(20)32-24)25-23(28)19-15-18(9-11-21(19)31-3)33(29,30)27-12-6-4-5-7-13-27/h8-11,14-16H,4-7,12-13H2,1-3H3,(H,25,28). The zero-order valence-electron chi connectivity index (χ0n) is 19.1. The van der Waals surface area contributed by atoms with Crippen molar-refractivity contribution in [3.63, 3.8) is 0 Å². The molecular weight excluding hydrogens is 442 g/mol. The van der Waals surface area contributed by atoms with Crippen LogP contribution in [-0.2, 0) is 10.0 Å². The van der Waals surface area contributed by atoms with Crippen LogP contribution < -0.4 is 10.1 Å². The lowest BCUT2D eigenvalue weighted by Crippen LogP contribution is -2.32. The van der Waals surface area contributed by atoms with Crippen LogP contribution in [0.3, 0.4) is 0 Å². The van der Waals surface area contributed by atoms with Crippen molar-refractivity contribution in [3.8, 4) is 5.75 Å². The Balaban J connectivity index is 1.62. The van der Waals surface area contributed by atoms with Gasteiger partial charge in [-0.05, 0) is 49.2 Å². The van der Waals surface area contributed by atoms with Crippen LogP contribution in [0.4, 0.5) is 5.69 Å². The van der Waals surface area contributed by atoms with Gasteiger partial charge in [0.2, 0.25) is 10.0 Å². The number of amides is 1. The first kappa shape index (κ1) is 23.3. The largest absolute Gasteiger partial charge is 0.496 e. The summed E-state index contributed by atoms with van der Waals surface area (Å²) in [6.07, 6.45) is 3.73. The van der Waals surface area contributed by atoms with Crippen molar-refractivity contribution in [1.82, 2.24) is 9.29 Å². The van der Waals surface area contributed by atoms with E-state index in [9.17, 15) is 13.2 Å². The maximum atomic E-state index is 13.2.